The van der Waals surface area contributed by atoms with Crippen LogP contribution in [0.15, 0.2) is 42.7 Å². The molecule has 1 aromatic carbocycles. The average Bonchev–Trinajstić information content (AvgIpc) is 3.49. The second-order valence-corrected chi connectivity index (χ2v) is 15.3. The number of benzene rings is 1. The van der Waals surface area contributed by atoms with Gasteiger partial charge in [0.15, 0.2) is 0 Å². The van der Waals surface area contributed by atoms with E-state index in [1.54, 1.807) is 5.82 Å². The maximum atomic E-state index is 2.62. The Bertz CT molecular complexity index is 915. The Hall–Kier alpha value is -1.57. The van der Waals surface area contributed by atoms with E-state index in [2.05, 4.69) is 65.7 Å². The molecule has 0 atom stereocenters. The van der Waals surface area contributed by atoms with Gasteiger partial charge in [-0.05, 0) is 37.7 Å². The van der Waals surface area contributed by atoms with Gasteiger partial charge < -0.3 is 0 Å². The first-order valence-electron chi connectivity index (χ1n) is 22.0. The number of imidazole rings is 1. The van der Waals surface area contributed by atoms with Crippen LogP contribution in [0.1, 0.15) is 224 Å². The standard InChI is InChI=1S/C46H83N2/c1-3-5-7-9-11-13-15-17-18-19-20-21-23-25-27-29-34-40-46-47(43-44-48(46)42-36-39-45-37-32-31-33-38-45)41-35-30-28-26-24-22-16-14-12-10-8-6-4-2/h31-33,37-38,43-44H,3-30,34-36,39-42H2,1-2H3/q+1. The van der Waals surface area contributed by atoms with Crippen molar-refractivity contribution < 1.29 is 4.57 Å². The first-order valence-corrected chi connectivity index (χ1v) is 22.0. The van der Waals surface area contributed by atoms with E-state index in [1.165, 1.54) is 224 Å². The van der Waals surface area contributed by atoms with E-state index in [9.17, 15) is 0 Å². The molecule has 2 nitrogen and oxygen atoms in total. The van der Waals surface area contributed by atoms with Crippen molar-refractivity contribution in [3.05, 3.63) is 54.1 Å². The molecule has 0 aliphatic heterocycles. The van der Waals surface area contributed by atoms with Gasteiger partial charge in [-0.25, -0.2) is 9.13 Å². The lowest BCUT2D eigenvalue weighted by Crippen LogP contribution is -2.37. The third-order valence-electron chi connectivity index (χ3n) is 10.8. The molecule has 2 aromatic rings. The van der Waals surface area contributed by atoms with Crippen LogP contribution < -0.4 is 4.57 Å². The first-order chi connectivity index (χ1) is 23.8. The summed E-state index contributed by atoms with van der Waals surface area (Å²) >= 11 is 0. The molecule has 1 heterocycles. The maximum absolute atomic E-state index is 2.62. The summed E-state index contributed by atoms with van der Waals surface area (Å²) in [4.78, 5) is 0. The summed E-state index contributed by atoms with van der Waals surface area (Å²) in [7, 11) is 0. The van der Waals surface area contributed by atoms with Gasteiger partial charge in [-0.15, -0.1) is 0 Å². The minimum absolute atomic E-state index is 1.15. The lowest BCUT2D eigenvalue weighted by atomic mass is 10.0. The Morgan fingerprint density at radius 2 is 0.812 bits per heavy atom. The number of rotatable bonds is 36. The molecule has 0 fully saturated rings. The Morgan fingerprint density at radius 3 is 1.25 bits per heavy atom. The van der Waals surface area contributed by atoms with Crippen molar-refractivity contribution in [1.82, 2.24) is 4.57 Å². The zero-order valence-electron chi connectivity index (χ0n) is 32.7. The van der Waals surface area contributed by atoms with Crippen LogP contribution in [0.5, 0.6) is 0 Å². The Kier molecular flexibility index (Phi) is 29.0. The molecule has 2 heteroatoms. The monoisotopic (exact) mass is 664 g/mol. The van der Waals surface area contributed by atoms with E-state index in [0.717, 1.165) is 6.54 Å². The van der Waals surface area contributed by atoms with Gasteiger partial charge in [-0.3, -0.25) is 0 Å². The number of hydrogen-bond donors (Lipinski definition) is 0. The SMILES string of the molecule is CCCCCCCCCCCCCCCCCCCc1n(CCCCCCCCCCCCCCC)cc[n+]1CCCc1ccccc1. The van der Waals surface area contributed by atoms with E-state index >= 15 is 0 Å². The van der Waals surface area contributed by atoms with Crippen molar-refractivity contribution >= 4 is 0 Å². The van der Waals surface area contributed by atoms with Crippen LogP contribution in [-0.2, 0) is 25.9 Å². The fourth-order valence-electron chi connectivity index (χ4n) is 7.60. The number of nitrogens with zero attached hydrogens (tertiary/aromatic N) is 2. The highest BCUT2D eigenvalue weighted by atomic mass is 15.1. The summed E-state index contributed by atoms with van der Waals surface area (Å²) in [6.07, 6.45) is 51.5. The molecule has 0 aliphatic rings. The minimum atomic E-state index is 1.15. The second kappa shape index (κ2) is 32.6. The van der Waals surface area contributed by atoms with Crippen LogP contribution in [0.2, 0.25) is 0 Å². The lowest BCUT2D eigenvalue weighted by molar-refractivity contribution is -0.704. The van der Waals surface area contributed by atoms with E-state index in [-0.39, 0.29) is 0 Å². The van der Waals surface area contributed by atoms with Crippen LogP contribution >= 0.6 is 0 Å². The van der Waals surface area contributed by atoms with Crippen LogP contribution in [0.25, 0.3) is 0 Å². The summed E-state index contributed by atoms with van der Waals surface area (Å²) in [5.74, 6) is 1.59. The average molecular weight is 664 g/mol. The van der Waals surface area contributed by atoms with Crippen molar-refractivity contribution in [3.63, 3.8) is 0 Å². The van der Waals surface area contributed by atoms with Gasteiger partial charge in [0.25, 0.3) is 5.82 Å². The molecule has 0 unspecified atom stereocenters. The van der Waals surface area contributed by atoms with Gasteiger partial charge in [0.1, 0.15) is 12.4 Å². The van der Waals surface area contributed by atoms with Crippen molar-refractivity contribution in [2.24, 2.45) is 0 Å². The lowest BCUT2D eigenvalue weighted by Gasteiger charge is -2.07. The van der Waals surface area contributed by atoms with E-state index in [0.29, 0.717) is 0 Å². The topological polar surface area (TPSA) is 8.81 Å². The predicted molar refractivity (Wildman–Crippen MR) is 213 cm³/mol. The van der Waals surface area contributed by atoms with Gasteiger partial charge in [0.2, 0.25) is 0 Å². The number of unbranched alkanes of at least 4 members (excludes halogenated alkanes) is 28. The molecule has 0 bridgehead atoms. The third-order valence-corrected chi connectivity index (χ3v) is 10.8. The highest BCUT2D eigenvalue weighted by molar-refractivity contribution is 5.14. The molecule has 2 rings (SSSR count). The molecule has 1 aromatic heterocycles. The first kappa shape index (κ1) is 42.6. The summed E-state index contributed by atoms with van der Waals surface area (Å²) in [6.45, 7) is 6.97. The summed E-state index contributed by atoms with van der Waals surface area (Å²) in [5, 5.41) is 0. The fraction of sp³-hybridized carbons (Fsp3) is 0.804. The van der Waals surface area contributed by atoms with Crippen LogP contribution in [0.4, 0.5) is 0 Å². The van der Waals surface area contributed by atoms with Crippen molar-refractivity contribution in [2.45, 2.75) is 239 Å². The van der Waals surface area contributed by atoms with E-state index in [4.69, 9.17) is 0 Å². The van der Waals surface area contributed by atoms with Gasteiger partial charge in [-0.1, -0.05) is 218 Å². The second-order valence-electron chi connectivity index (χ2n) is 15.3. The number of aryl methyl sites for hydroxylation is 3. The molecule has 0 saturated heterocycles. The van der Waals surface area contributed by atoms with Crippen LogP contribution in [-0.4, -0.2) is 4.57 Å². The molecule has 0 spiro atoms. The van der Waals surface area contributed by atoms with Crippen LogP contribution in [0.3, 0.4) is 0 Å². The van der Waals surface area contributed by atoms with E-state index in [1.807, 2.05) is 0 Å². The largest absolute Gasteiger partial charge is 0.256 e. The molecule has 0 amide bonds. The highest BCUT2D eigenvalue weighted by Crippen LogP contribution is 2.16. The molecule has 0 aliphatic carbocycles. The zero-order valence-corrected chi connectivity index (χ0v) is 32.7. The Balaban J connectivity index is 1.57. The Labute approximate surface area is 301 Å². The fourth-order valence-corrected chi connectivity index (χ4v) is 7.60. The van der Waals surface area contributed by atoms with Gasteiger partial charge in [0, 0.05) is 6.42 Å². The highest BCUT2D eigenvalue weighted by Gasteiger charge is 2.16. The van der Waals surface area contributed by atoms with Crippen molar-refractivity contribution in [2.75, 3.05) is 0 Å². The molecular formula is C46H83N2+. The quantitative estimate of drug-likeness (QED) is 0.0507. The van der Waals surface area contributed by atoms with Gasteiger partial charge in [-0.2, -0.15) is 0 Å². The molecular weight excluding hydrogens is 581 g/mol. The normalized spacial score (nSPS) is 11.5. The summed E-state index contributed by atoms with van der Waals surface area (Å²) in [6, 6.07) is 11.0. The summed E-state index contributed by atoms with van der Waals surface area (Å²) < 4.78 is 5.21. The molecule has 48 heavy (non-hydrogen) atoms. The third kappa shape index (κ3) is 23.7. The molecule has 0 N–H and O–H groups in total. The molecule has 0 radical (unpaired) electrons. The van der Waals surface area contributed by atoms with Crippen LogP contribution in [0, 0.1) is 0 Å². The van der Waals surface area contributed by atoms with Gasteiger partial charge in [0.05, 0.1) is 13.1 Å². The van der Waals surface area contributed by atoms with Crippen molar-refractivity contribution in [3.8, 4) is 0 Å². The van der Waals surface area contributed by atoms with Gasteiger partial charge >= 0.3 is 0 Å². The number of aromatic nitrogens is 2. The minimum Gasteiger partial charge on any atom is -0.234 e. The summed E-state index contributed by atoms with van der Waals surface area (Å²) in [5.41, 5.74) is 1.47. The number of hydrogen-bond acceptors (Lipinski definition) is 0. The molecule has 0 saturated carbocycles. The van der Waals surface area contributed by atoms with Crippen molar-refractivity contribution in [1.29, 1.82) is 0 Å². The maximum Gasteiger partial charge on any atom is 0.256 e. The smallest absolute Gasteiger partial charge is 0.234 e. The predicted octanol–water partition coefficient (Wildman–Crippen LogP) is 14.7. The zero-order chi connectivity index (χ0) is 34.0. The molecule has 276 valence electrons. The Morgan fingerprint density at radius 1 is 0.417 bits per heavy atom. The van der Waals surface area contributed by atoms with E-state index < -0.39 is 0 Å².